The molecule has 0 spiro atoms. The van der Waals surface area contributed by atoms with E-state index in [1.54, 1.807) is 11.5 Å². The maximum atomic E-state index is 4.26. The lowest BCUT2D eigenvalue weighted by Crippen LogP contribution is -2.19. The molecule has 1 atom stereocenters. The summed E-state index contributed by atoms with van der Waals surface area (Å²) in [5.74, 6) is 0. The molecule has 0 radical (unpaired) electrons. The van der Waals surface area contributed by atoms with Crippen LogP contribution in [-0.4, -0.2) is 16.1 Å². The van der Waals surface area contributed by atoms with Gasteiger partial charge in [0, 0.05) is 11.5 Å². The molecule has 1 aromatic rings. The van der Waals surface area contributed by atoms with E-state index in [9.17, 15) is 0 Å². The zero-order chi connectivity index (χ0) is 10.2. The largest absolute Gasteiger partial charge is 0.309 e. The first-order valence-electron chi connectivity index (χ1n) is 5.15. The van der Waals surface area contributed by atoms with Crippen LogP contribution >= 0.6 is 11.5 Å². The molecule has 0 saturated carbocycles. The van der Waals surface area contributed by atoms with Crippen molar-refractivity contribution in [3.63, 3.8) is 0 Å². The van der Waals surface area contributed by atoms with Gasteiger partial charge in [-0.05, 0) is 30.9 Å². The van der Waals surface area contributed by atoms with Crippen molar-refractivity contribution in [2.75, 3.05) is 6.54 Å². The second kappa shape index (κ2) is 3.59. The van der Waals surface area contributed by atoms with Gasteiger partial charge in [-0.15, -0.1) is 5.10 Å². The number of rotatable bonds is 1. The number of nitrogens with one attached hydrogen (secondary N) is 1. The van der Waals surface area contributed by atoms with Crippen molar-refractivity contribution >= 4 is 11.5 Å². The molecule has 0 bridgehead atoms. The Morgan fingerprint density at radius 1 is 1.43 bits per heavy atom. The third-order valence-corrected chi connectivity index (χ3v) is 3.44. The molecule has 4 heteroatoms. The molecule has 2 rings (SSSR count). The second-order valence-corrected chi connectivity index (χ2v) is 5.67. The van der Waals surface area contributed by atoms with E-state index in [2.05, 4.69) is 35.7 Å². The summed E-state index contributed by atoms with van der Waals surface area (Å²) in [5, 5.41) is 7.76. The minimum atomic E-state index is 0.118. The zero-order valence-electron chi connectivity index (χ0n) is 9.00. The van der Waals surface area contributed by atoms with Crippen LogP contribution in [0.1, 0.15) is 50.2 Å². The molecule has 78 valence electrons. The van der Waals surface area contributed by atoms with Gasteiger partial charge in [-0.25, -0.2) is 0 Å². The Kier molecular flexibility index (Phi) is 2.58. The zero-order valence-corrected chi connectivity index (χ0v) is 9.82. The van der Waals surface area contributed by atoms with Gasteiger partial charge in [-0.1, -0.05) is 25.3 Å². The highest BCUT2D eigenvalue weighted by Crippen LogP contribution is 2.33. The highest BCUT2D eigenvalue weighted by Gasteiger charge is 2.28. The average molecular weight is 211 g/mol. The molecular weight excluding hydrogens is 194 g/mol. The van der Waals surface area contributed by atoms with Crippen LogP contribution in [0.25, 0.3) is 0 Å². The highest BCUT2D eigenvalue weighted by atomic mass is 32.1. The van der Waals surface area contributed by atoms with E-state index >= 15 is 0 Å². The summed E-state index contributed by atoms with van der Waals surface area (Å²) in [7, 11) is 0. The second-order valence-electron chi connectivity index (χ2n) is 4.88. The van der Waals surface area contributed by atoms with Crippen molar-refractivity contribution in [2.45, 2.75) is 45.1 Å². The summed E-state index contributed by atoms with van der Waals surface area (Å²) in [6, 6.07) is 0.504. The molecule has 1 saturated heterocycles. The topological polar surface area (TPSA) is 37.8 Å². The maximum Gasteiger partial charge on any atom is 0.0857 e. The third-order valence-electron chi connectivity index (χ3n) is 2.60. The molecule has 1 fully saturated rings. The first kappa shape index (κ1) is 10.1. The van der Waals surface area contributed by atoms with Gasteiger partial charge in [0.05, 0.1) is 10.6 Å². The van der Waals surface area contributed by atoms with Crippen LogP contribution in [-0.2, 0) is 5.41 Å². The molecule has 1 N–H and O–H groups in total. The lowest BCUT2D eigenvalue weighted by atomic mass is 9.90. The molecule has 1 unspecified atom stereocenters. The first-order chi connectivity index (χ1) is 6.59. The molecule has 2 heterocycles. The monoisotopic (exact) mass is 211 g/mol. The van der Waals surface area contributed by atoms with Crippen molar-refractivity contribution in [3.8, 4) is 0 Å². The van der Waals surface area contributed by atoms with E-state index in [1.165, 1.54) is 23.4 Å². The van der Waals surface area contributed by atoms with Crippen molar-refractivity contribution in [1.82, 2.24) is 14.9 Å². The van der Waals surface area contributed by atoms with E-state index in [1.807, 2.05) is 0 Å². The van der Waals surface area contributed by atoms with E-state index in [4.69, 9.17) is 0 Å². The van der Waals surface area contributed by atoms with Crippen LogP contribution in [0.4, 0.5) is 0 Å². The van der Waals surface area contributed by atoms with Crippen LogP contribution in [0, 0.1) is 0 Å². The summed E-state index contributed by atoms with van der Waals surface area (Å²) in [6.45, 7) is 7.72. The summed E-state index contributed by atoms with van der Waals surface area (Å²) in [6.07, 6.45) is 2.50. The standard InChI is InChI=1S/C10H17N3S/c1-10(2,3)9-8(14-13-12-9)7-5-4-6-11-7/h7,11H,4-6H2,1-3H3. The van der Waals surface area contributed by atoms with Gasteiger partial charge < -0.3 is 5.32 Å². The van der Waals surface area contributed by atoms with Crippen molar-refractivity contribution in [3.05, 3.63) is 10.6 Å². The molecule has 0 aliphatic carbocycles. The molecule has 0 aromatic carbocycles. The van der Waals surface area contributed by atoms with Gasteiger partial charge >= 0.3 is 0 Å². The van der Waals surface area contributed by atoms with Crippen LogP contribution in [0.3, 0.4) is 0 Å². The summed E-state index contributed by atoms with van der Waals surface area (Å²) in [5.41, 5.74) is 1.29. The van der Waals surface area contributed by atoms with E-state index < -0.39 is 0 Å². The first-order valence-corrected chi connectivity index (χ1v) is 5.92. The third kappa shape index (κ3) is 1.81. The molecule has 3 nitrogen and oxygen atoms in total. The quantitative estimate of drug-likeness (QED) is 0.774. The molecule has 0 amide bonds. The minimum absolute atomic E-state index is 0.118. The Morgan fingerprint density at radius 3 is 2.79 bits per heavy atom. The number of hydrogen-bond donors (Lipinski definition) is 1. The molecule has 1 aromatic heterocycles. The fourth-order valence-corrected chi connectivity index (χ4v) is 2.83. The van der Waals surface area contributed by atoms with E-state index in [0.717, 1.165) is 6.54 Å². The van der Waals surface area contributed by atoms with Gasteiger partial charge in [0.1, 0.15) is 0 Å². The predicted molar refractivity (Wildman–Crippen MR) is 58.6 cm³/mol. The maximum absolute atomic E-state index is 4.26. The van der Waals surface area contributed by atoms with Crippen LogP contribution in [0.2, 0.25) is 0 Å². The van der Waals surface area contributed by atoms with E-state index in [-0.39, 0.29) is 5.41 Å². The Hall–Kier alpha value is -0.480. The van der Waals surface area contributed by atoms with Gasteiger partial charge in [0.2, 0.25) is 0 Å². The minimum Gasteiger partial charge on any atom is -0.309 e. The van der Waals surface area contributed by atoms with Gasteiger partial charge in [0.15, 0.2) is 0 Å². The SMILES string of the molecule is CC(C)(C)c1nnsc1C1CCCN1. The number of nitrogens with zero attached hydrogens (tertiary/aromatic N) is 2. The summed E-state index contributed by atoms with van der Waals surface area (Å²) < 4.78 is 4.08. The van der Waals surface area contributed by atoms with Crippen LogP contribution in [0.5, 0.6) is 0 Å². The highest BCUT2D eigenvalue weighted by molar-refractivity contribution is 7.05. The lowest BCUT2D eigenvalue weighted by molar-refractivity contribution is 0.542. The van der Waals surface area contributed by atoms with Crippen molar-refractivity contribution < 1.29 is 0 Å². The van der Waals surface area contributed by atoms with Crippen molar-refractivity contribution in [1.29, 1.82) is 0 Å². The summed E-state index contributed by atoms with van der Waals surface area (Å²) in [4.78, 5) is 1.34. The van der Waals surface area contributed by atoms with E-state index in [0.29, 0.717) is 6.04 Å². The Bertz CT molecular complexity index is 307. The Labute approximate surface area is 89.1 Å². The van der Waals surface area contributed by atoms with Crippen molar-refractivity contribution in [2.24, 2.45) is 0 Å². The van der Waals surface area contributed by atoms with Gasteiger partial charge in [-0.2, -0.15) is 0 Å². The van der Waals surface area contributed by atoms with Crippen LogP contribution < -0.4 is 5.32 Å². The summed E-state index contributed by atoms with van der Waals surface area (Å²) >= 11 is 1.55. The fourth-order valence-electron chi connectivity index (χ4n) is 1.85. The Balaban J connectivity index is 2.29. The normalized spacial score (nSPS) is 22.9. The van der Waals surface area contributed by atoms with Gasteiger partial charge in [0.25, 0.3) is 0 Å². The smallest absolute Gasteiger partial charge is 0.0857 e. The molecule has 14 heavy (non-hydrogen) atoms. The predicted octanol–water partition coefficient (Wildman–Crippen LogP) is 2.26. The molecular formula is C10H17N3S. The fraction of sp³-hybridized carbons (Fsp3) is 0.800. The van der Waals surface area contributed by atoms with Gasteiger partial charge in [-0.3, -0.25) is 0 Å². The molecule has 1 aliphatic heterocycles. The number of aromatic nitrogens is 2. The lowest BCUT2D eigenvalue weighted by Gasteiger charge is -2.19. The number of hydrogen-bond acceptors (Lipinski definition) is 4. The van der Waals surface area contributed by atoms with Crippen LogP contribution in [0.15, 0.2) is 0 Å². The Morgan fingerprint density at radius 2 is 2.21 bits per heavy atom. The average Bonchev–Trinajstić information content (AvgIpc) is 2.73. The molecule has 1 aliphatic rings.